The molecule has 1 aromatic carbocycles. The van der Waals surface area contributed by atoms with Crippen molar-refractivity contribution in [2.75, 3.05) is 46.2 Å². The maximum Gasteiger partial charge on any atom is 0.266 e. The molecule has 1 fully saturated rings. The molecule has 0 spiro atoms. The van der Waals surface area contributed by atoms with Gasteiger partial charge in [0.05, 0.1) is 37.6 Å². The molecule has 0 radical (unpaired) electrons. The van der Waals surface area contributed by atoms with E-state index < -0.39 is 29.7 Å². The van der Waals surface area contributed by atoms with Gasteiger partial charge in [-0.2, -0.15) is 0 Å². The molecule has 1 N–H and O–H groups in total. The fourth-order valence-electron chi connectivity index (χ4n) is 4.05. The number of ketones is 1. The van der Waals surface area contributed by atoms with Crippen LogP contribution >= 0.6 is 0 Å². The van der Waals surface area contributed by atoms with E-state index in [4.69, 9.17) is 18.9 Å². The summed E-state index contributed by atoms with van der Waals surface area (Å²) in [7, 11) is 0. The summed E-state index contributed by atoms with van der Waals surface area (Å²) >= 11 is 0. The number of ether oxygens (including phenoxy) is 4. The average molecular weight is 519 g/mol. The lowest BCUT2D eigenvalue weighted by molar-refractivity contribution is -0.136. The van der Waals surface area contributed by atoms with E-state index in [1.807, 2.05) is 0 Å². The molecule has 2 heterocycles. The summed E-state index contributed by atoms with van der Waals surface area (Å²) in [6.45, 7) is 5.14. The first-order valence-electron chi connectivity index (χ1n) is 12.7. The second kappa shape index (κ2) is 14.6. The van der Waals surface area contributed by atoms with Gasteiger partial charge < -0.3 is 18.9 Å². The Labute approximate surface area is 215 Å². The first-order chi connectivity index (χ1) is 17.9. The van der Waals surface area contributed by atoms with Crippen LogP contribution in [0, 0.1) is 0 Å². The lowest BCUT2D eigenvalue weighted by atomic mass is 10.0. The van der Waals surface area contributed by atoms with Crippen LogP contribution in [0.3, 0.4) is 0 Å². The van der Waals surface area contributed by atoms with Gasteiger partial charge in [0.25, 0.3) is 11.8 Å². The van der Waals surface area contributed by atoms with Gasteiger partial charge in [-0.1, -0.05) is 13.0 Å². The number of carbonyl (C=O) groups excluding carboxylic acids is 5. The van der Waals surface area contributed by atoms with Gasteiger partial charge in [-0.3, -0.25) is 34.2 Å². The van der Waals surface area contributed by atoms with Gasteiger partial charge >= 0.3 is 0 Å². The van der Waals surface area contributed by atoms with E-state index in [2.05, 4.69) is 12.2 Å². The third-order valence-corrected chi connectivity index (χ3v) is 5.91. The van der Waals surface area contributed by atoms with Crippen LogP contribution in [-0.4, -0.2) is 86.6 Å². The van der Waals surface area contributed by atoms with Gasteiger partial charge in [0.15, 0.2) is 5.78 Å². The number of nitrogens with zero attached hydrogens (tertiary/aromatic N) is 1. The summed E-state index contributed by atoms with van der Waals surface area (Å²) in [5.41, 5.74) is 0.131. The molecule has 0 aliphatic carbocycles. The summed E-state index contributed by atoms with van der Waals surface area (Å²) < 4.78 is 21.8. The zero-order valence-electron chi connectivity index (χ0n) is 21.1. The number of hydrogen-bond donors (Lipinski definition) is 1. The SMILES string of the molecule is CCCOCCOCCOCCCCC(=O)COc1cccc2c1C(=O)N(C1CCC(=O)NC1=O)C2=O. The van der Waals surface area contributed by atoms with Crippen LogP contribution in [0.5, 0.6) is 5.75 Å². The molecule has 1 unspecified atom stereocenters. The third-order valence-electron chi connectivity index (χ3n) is 5.91. The summed E-state index contributed by atoms with van der Waals surface area (Å²) in [6.07, 6.45) is 2.71. The molecular weight excluding hydrogens is 484 g/mol. The maximum atomic E-state index is 13.0. The number of rotatable bonds is 17. The molecule has 2 aliphatic rings. The Morgan fingerprint density at radius 2 is 1.65 bits per heavy atom. The third kappa shape index (κ3) is 7.91. The minimum Gasteiger partial charge on any atom is -0.485 e. The summed E-state index contributed by atoms with van der Waals surface area (Å²) in [6, 6.07) is 3.48. The van der Waals surface area contributed by atoms with Crippen LogP contribution in [0.15, 0.2) is 18.2 Å². The fraction of sp³-hybridized carbons (Fsp3) is 0.577. The summed E-state index contributed by atoms with van der Waals surface area (Å²) in [4.78, 5) is 62.7. The quantitative estimate of drug-likeness (QED) is 0.241. The molecule has 1 saturated heterocycles. The van der Waals surface area contributed by atoms with Crippen LogP contribution in [0.25, 0.3) is 0 Å². The summed E-state index contributed by atoms with van der Waals surface area (Å²) in [5, 5.41) is 2.16. The minimum atomic E-state index is -1.06. The number of benzene rings is 1. The maximum absolute atomic E-state index is 13.0. The van der Waals surface area contributed by atoms with Gasteiger partial charge in [-0.05, 0) is 37.8 Å². The fourth-order valence-corrected chi connectivity index (χ4v) is 4.05. The van der Waals surface area contributed by atoms with Crippen molar-refractivity contribution in [1.29, 1.82) is 0 Å². The van der Waals surface area contributed by atoms with Crippen LogP contribution < -0.4 is 10.1 Å². The standard InChI is InChI=1S/C26H34N2O9/c1-2-11-34-13-15-36-16-14-35-12-4-3-6-18(29)17-37-21-8-5-7-19-23(21)26(33)28(25(19)32)20-9-10-22(30)27-24(20)31/h5,7-8,20H,2-4,6,9-17H2,1H3,(H,27,30,31). The predicted molar refractivity (Wildman–Crippen MR) is 130 cm³/mol. The number of Topliss-reactive ketones (excluding diaryl/α,β-unsaturated/α-hetero) is 1. The number of unbranched alkanes of at least 4 members (excludes halogenated alkanes) is 1. The van der Waals surface area contributed by atoms with Crippen molar-refractivity contribution in [3.8, 4) is 5.75 Å². The Bertz CT molecular complexity index is 994. The van der Waals surface area contributed by atoms with Crippen LogP contribution in [0.2, 0.25) is 0 Å². The average Bonchev–Trinajstić information content (AvgIpc) is 3.13. The Balaban J connectivity index is 1.37. The number of nitrogens with one attached hydrogen (secondary N) is 1. The molecule has 37 heavy (non-hydrogen) atoms. The molecule has 11 nitrogen and oxygen atoms in total. The Hall–Kier alpha value is -3.15. The van der Waals surface area contributed by atoms with Crippen molar-refractivity contribution < 1.29 is 42.9 Å². The van der Waals surface area contributed by atoms with E-state index in [0.29, 0.717) is 52.3 Å². The molecule has 2 aliphatic heterocycles. The van der Waals surface area contributed by atoms with Gasteiger partial charge in [0.1, 0.15) is 18.4 Å². The largest absolute Gasteiger partial charge is 0.485 e. The van der Waals surface area contributed by atoms with E-state index in [0.717, 1.165) is 17.9 Å². The topological polar surface area (TPSA) is 138 Å². The number of carbonyl (C=O) groups is 5. The number of fused-ring (bicyclic) bond motifs is 1. The smallest absolute Gasteiger partial charge is 0.266 e. The van der Waals surface area contributed by atoms with Crippen molar-refractivity contribution in [2.45, 2.75) is 51.5 Å². The van der Waals surface area contributed by atoms with Crippen molar-refractivity contribution in [3.05, 3.63) is 29.3 Å². The number of piperidine rings is 1. The first kappa shape index (κ1) is 28.4. The van der Waals surface area contributed by atoms with E-state index in [1.54, 1.807) is 6.07 Å². The van der Waals surface area contributed by atoms with Crippen molar-refractivity contribution >= 4 is 29.4 Å². The monoisotopic (exact) mass is 518 g/mol. The molecule has 1 aromatic rings. The van der Waals surface area contributed by atoms with Crippen LogP contribution in [-0.2, 0) is 28.6 Å². The van der Waals surface area contributed by atoms with E-state index >= 15 is 0 Å². The van der Waals surface area contributed by atoms with E-state index in [1.165, 1.54) is 12.1 Å². The molecule has 0 aromatic heterocycles. The van der Waals surface area contributed by atoms with Gasteiger partial charge in [0, 0.05) is 26.1 Å². The van der Waals surface area contributed by atoms with Gasteiger partial charge in [-0.25, -0.2) is 0 Å². The second-order valence-electron chi connectivity index (χ2n) is 8.75. The Kier molecular flexibility index (Phi) is 11.2. The molecule has 4 amide bonds. The highest BCUT2D eigenvalue weighted by molar-refractivity contribution is 6.24. The highest BCUT2D eigenvalue weighted by atomic mass is 16.5. The van der Waals surface area contributed by atoms with Crippen LogP contribution in [0.4, 0.5) is 0 Å². The number of hydrogen-bond acceptors (Lipinski definition) is 9. The highest BCUT2D eigenvalue weighted by Crippen LogP contribution is 2.33. The summed E-state index contributed by atoms with van der Waals surface area (Å²) in [5.74, 6) is -2.45. The van der Waals surface area contributed by atoms with Crippen molar-refractivity contribution in [1.82, 2.24) is 10.2 Å². The minimum absolute atomic E-state index is 0.0255. The molecule has 202 valence electrons. The zero-order chi connectivity index (χ0) is 26.6. The van der Waals surface area contributed by atoms with E-state index in [-0.39, 0.29) is 42.1 Å². The lowest BCUT2D eigenvalue weighted by Crippen LogP contribution is -2.54. The first-order valence-corrected chi connectivity index (χ1v) is 12.7. The lowest BCUT2D eigenvalue weighted by Gasteiger charge is -2.27. The normalized spacial score (nSPS) is 17.2. The highest BCUT2D eigenvalue weighted by Gasteiger charge is 2.46. The molecule has 1 atom stereocenters. The van der Waals surface area contributed by atoms with Crippen molar-refractivity contribution in [3.63, 3.8) is 0 Å². The Morgan fingerprint density at radius 1 is 0.946 bits per heavy atom. The van der Waals surface area contributed by atoms with Crippen LogP contribution in [0.1, 0.15) is 66.2 Å². The Morgan fingerprint density at radius 3 is 2.35 bits per heavy atom. The molecular formula is C26H34N2O9. The molecule has 11 heteroatoms. The van der Waals surface area contributed by atoms with Crippen molar-refractivity contribution in [2.24, 2.45) is 0 Å². The molecule has 3 rings (SSSR count). The van der Waals surface area contributed by atoms with Gasteiger partial charge in [-0.15, -0.1) is 0 Å². The second-order valence-corrected chi connectivity index (χ2v) is 8.75. The zero-order valence-corrected chi connectivity index (χ0v) is 21.1. The molecule has 0 saturated carbocycles. The number of imide groups is 2. The predicted octanol–water partition coefficient (Wildman–Crippen LogP) is 1.67. The molecule has 0 bridgehead atoms. The number of amides is 4. The van der Waals surface area contributed by atoms with E-state index in [9.17, 15) is 24.0 Å². The van der Waals surface area contributed by atoms with Gasteiger partial charge in [0.2, 0.25) is 11.8 Å².